The minimum absolute atomic E-state index is 0.00806. The number of nitrogens with two attached hydrogens (primary N) is 1. The lowest BCUT2D eigenvalue weighted by atomic mass is 9.84. The van der Waals surface area contributed by atoms with Crippen LogP contribution in [0.5, 0.6) is 0 Å². The maximum atomic E-state index is 6.11. The Kier molecular flexibility index (Phi) is 2.48. The maximum Gasteiger partial charge on any atom is 0.0826 e. The third-order valence-corrected chi connectivity index (χ3v) is 2.28. The first-order chi connectivity index (χ1) is 5.82. The van der Waals surface area contributed by atoms with Crippen LogP contribution in [-0.2, 0) is 7.05 Å². The van der Waals surface area contributed by atoms with E-state index in [0.717, 1.165) is 5.69 Å². The summed E-state index contributed by atoms with van der Waals surface area (Å²) in [5.74, 6) is 0. The van der Waals surface area contributed by atoms with Crippen LogP contribution in [0.3, 0.4) is 0 Å². The van der Waals surface area contributed by atoms with Crippen LogP contribution in [-0.4, -0.2) is 9.78 Å². The summed E-state index contributed by atoms with van der Waals surface area (Å²) in [5.41, 5.74) is 8.36. The summed E-state index contributed by atoms with van der Waals surface area (Å²) in [4.78, 5) is 0. The van der Waals surface area contributed by atoms with Gasteiger partial charge in [-0.2, -0.15) is 5.10 Å². The molecule has 0 aliphatic heterocycles. The monoisotopic (exact) mass is 181 g/mol. The normalized spacial score (nSPS) is 14.6. The van der Waals surface area contributed by atoms with Gasteiger partial charge in [0.1, 0.15) is 0 Å². The summed E-state index contributed by atoms with van der Waals surface area (Å²) in [6, 6.07) is 0.00806. The summed E-state index contributed by atoms with van der Waals surface area (Å²) >= 11 is 0. The van der Waals surface area contributed by atoms with E-state index in [2.05, 4.69) is 25.9 Å². The summed E-state index contributed by atoms with van der Waals surface area (Å²) in [5, 5.41) is 4.37. The van der Waals surface area contributed by atoms with E-state index in [1.807, 2.05) is 24.9 Å². The van der Waals surface area contributed by atoms with Crippen molar-refractivity contribution in [3.63, 3.8) is 0 Å². The maximum absolute atomic E-state index is 6.11. The van der Waals surface area contributed by atoms with Gasteiger partial charge in [0.25, 0.3) is 0 Å². The van der Waals surface area contributed by atoms with Crippen molar-refractivity contribution >= 4 is 0 Å². The zero-order valence-corrected chi connectivity index (χ0v) is 9.13. The lowest BCUT2D eigenvalue weighted by molar-refractivity contribution is 0.319. The molecule has 0 unspecified atom stereocenters. The van der Waals surface area contributed by atoms with Gasteiger partial charge in [0.2, 0.25) is 0 Å². The molecule has 0 aliphatic carbocycles. The van der Waals surface area contributed by atoms with E-state index in [9.17, 15) is 0 Å². The zero-order valence-electron chi connectivity index (χ0n) is 9.13. The van der Waals surface area contributed by atoms with E-state index in [1.54, 1.807) is 0 Å². The first-order valence-electron chi connectivity index (χ1n) is 4.58. The van der Waals surface area contributed by atoms with Crippen LogP contribution in [0.1, 0.15) is 38.1 Å². The molecule has 0 radical (unpaired) electrons. The van der Waals surface area contributed by atoms with Gasteiger partial charge in [-0.05, 0) is 17.9 Å². The minimum Gasteiger partial charge on any atom is -0.322 e. The van der Waals surface area contributed by atoms with Crippen molar-refractivity contribution in [1.29, 1.82) is 0 Å². The SMILES string of the molecule is Cc1cn(C)nc1[C@H](N)C(C)(C)C. The molecule has 3 nitrogen and oxygen atoms in total. The highest BCUT2D eigenvalue weighted by atomic mass is 15.3. The van der Waals surface area contributed by atoms with Gasteiger partial charge >= 0.3 is 0 Å². The molecule has 0 aromatic carbocycles. The van der Waals surface area contributed by atoms with E-state index in [-0.39, 0.29) is 11.5 Å². The van der Waals surface area contributed by atoms with Gasteiger partial charge in [-0.25, -0.2) is 0 Å². The Morgan fingerprint density at radius 3 is 2.31 bits per heavy atom. The van der Waals surface area contributed by atoms with Crippen molar-refractivity contribution < 1.29 is 0 Å². The third kappa shape index (κ3) is 2.10. The van der Waals surface area contributed by atoms with Gasteiger partial charge in [0, 0.05) is 13.2 Å². The number of nitrogens with zero attached hydrogens (tertiary/aromatic N) is 2. The summed E-state index contributed by atoms with van der Waals surface area (Å²) in [6.07, 6.45) is 2.00. The highest BCUT2D eigenvalue weighted by molar-refractivity contribution is 5.19. The second-order valence-corrected chi connectivity index (χ2v) is 4.71. The average Bonchev–Trinajstić information content (AvgIpc) is 2.26. The fourth-order valence-corrected chi connectivity index (χ4v) is 1.34. The summed E-state index contributed by atoms with van der Waals surface area (Å²) in [6.45, 7) is 8.44. The molecule has 2 N–H and O–H groups in total. The van der Waals surface area contributed by atoms with Crippen LogP contribution < -0.4 is 5.73 Å². The quantitative estimate of drug-likeness (QED) is 0.717. The number of aryl methyl sites for hydroxylation is 2. The van der Waals surface area contributed by atoms with E-state index < -0.39 is 0 Å². The molecule has 0 aliphatic rings. The molecular formula is C10H19N3. The third-order valence-electron chi connectivity index (χ3n) is 2.28. The van der Waals surface area contributed by atoms with E-state index >= 15 is 0 Å². The van der Waals surface area contributed by atoms with Crippen LogP contribution in [0.15, 0.2) is 6.20 Å². The van der Waals surface area contributed by atoms with Crippen LogP contribution in [0.2, 0.25) is 0 Å². The van der Waals surface area contributed by atoms with E-state index in [4.69, 9.17) is 5.73 Å². The Morgan fingerprint density at radius 2 is 2.00 bits per heavy atom. The highest BCUT2D eigenvalue weighted by Crippen LogP contribution is 2.30. The lowest BCUT2D eigenvalue weighted by Gasteiger charge is -2.25. The Bertz CT molecular complexity index is 294. The Morgan fingerprint density at radius 1 is 1.46 bits per heavy atom. The predicted octanol–water partition coefficient (Wildman–Crippen LogP) is 1.77. The van der Waals surface area contributed by atoms with Gasteiger partial charge in [-0.15, -0.1) is 0 Å². The molecular weight excluding hydrogens is 162 g/mol. The van der Waals surface area contributed by atoms with Gasteiger partial charge in [-0.1, -0.05) is 20.8 Å². The molecule has 0 spiro atoms. The molecule has 0 bridgehead atoms. The summed E-state index contributed by atoms with van der Waals surface area (Å²) < 4.78 is 1.82. The number of hydrogen-bond donors (Lipinski definition) is 1. The standard InChI is InChI=1S/C10H19N3/c1-7-6-13(5)12-8(7)9(11)10(2,3)4/h6,9H,11H2,1-5H3/t9-/m0/s1. The Labute approximate surface area is 79.9 Å². The first kappa shape index (κ1) is 10.3. The van der Waals surface area contributed by atoms with Gasteiger partial charge in [-0.3, -0.25) is 4.68 Å². The Balaban J connectivity index is 3.01. The lowest BCUT2D eigenvalue weighted by Crippen LogP contribution is -2.27. The van der Waals surface area contributed by atoms with Crippen molar-refractivity contribution in [3.8, 4) is 0 Å². The number of rotatable bonds is 1. The molecule has 1 heterocycles. The average molecular weight is 181 g/mol. The molecule has 74 valence electrons. The topological polar surface area (TPSA) is 43.8 Å². The van der Waals surface area contributed by atoms with E-state index in [0.29, 0.717) is 0 Å². The molecule has 13 heavy (non-hydrogen) atoms. The molecule has 1 aromatic heterocycles. The van der Waals surface area contributed by atoms with Gasteiger partial charge < -0.3 is 5.73 Å². The predicted molar refractivity (Wildman–Crippen MR) is 54.3 cm³/mol. The molecule has 1 aromatic rings. The highest BCUT2D eigenvalue weighted by Gasteiger charge is 2.25. The molecule has 0 saturated heterocycles. The molecule has 3 heteroatoms. The molecule has 1 rings (SSSR count). The second kappa shape index (κ2) is 3.14. The number of hydrogen-bond acceptors (Lipinski definition) is 2. The van der Waals surface area contributed by atoms with Crippen molar-refractivity contribution in [2.45, 2.75) is 33.7 Å². The van der Waals surface area contributed by atoms with Crippen LogP contribution in [0.4, 0.5) is 0 Å². The second-order valence-electron chi connectivity index (χ2n) is 4.71. The molecule has 1 atom stereocenters. The van der Waals surface area contributed by atoms with Crippen molar-refractivity contribution in [2.24, 2.45) is 18.2 Å². The van der Waals surface area contributed by atoms with Crippen molar-refractivity contribution in [2.75, 3.05) is 0 Å². The largest absolute Gasteiger partial charge is 0.322 e. The fraction of sp³-hybridized carbons (Fsp3) is 0.700. The van der Waals surface area contributed by atoms with Gasteiger partial charge in [0.15, 0.2) is 0 Å². The first-order valence-corrected chi connectivity index (χ1v) is 4.58. The number of aromatic nitrogens is 2. The zero-order chi connectivity index (χ0) is 10.2. The van der Waals surface area contributed by atoms with Gasteiger partial charge in [0.05, 0.1) is 11.7 Å². The van der Waals surface area contributed by atoms with Crippen molar-refractivity contribution in [3.05, 3.63) is 17.5 Å². The molecule has 0 amide bonds. The van der Waals surface area contributed by atoms with Crippen molar-refractivity contribution in [1.82, 2.24) is 9.78 Å². The van der Waals surface area contributed by atoms with E-state index in [1.165, 1.54) is 5.56 Å². The smallest absolute Gasteiger partial charge is 0.0826 e. The molecule has 0 fully saturated rings. The summed E-state index contributed by atoms with van der Waals surface area (Å²) in [7, 11) is 1.92. The Hall–Kier alpha value is -0.830. The minimum atomic E-state index is 0.00806. The van der Waals surface area contributed by atoms with Crippen LogP contribution >= 0.6 is 0 Å². The fourth-order valence-electron chi connectivity index (χ4n) is 1.34. The van der Waals surface area contributed by atoms with Crippen LogP contribution in [0.25, 0.3) is 0 Å². The van der Waals surface area contributed by atoms with Crippen LogP contribution in [0, 0.1) is 12.3 Å². The molecule has 0 saturated carbocycles.